The highest BCUT2D eigenvalue weighted by molar-refractivity contribution is 8.76. The Morgan fingerprint density at radius 3 is 1.17 bits per heavy atom. The van der Waals surface area contributed by atoms with Crippen LogP contribution in [0.25, 0.3) is 0 Å². The highest BCUT2D eigenvalue weighted by Gasteiger charge is 2.40. The SMILES string of the molecule is CC(C)CC1NC(=O)C(CC(C)C)NC(=O)C(CCCNC(=N)N)NC(=O)C(CCCCN)NC(=O)C(C)(C)NC(=O)C(CC(C)C)NC(=O)C(CCCCN)NC(=O)C(CCCNC(=N)N)NC(=O)C(CC(C)C)NC(=O)C(NC(=O)C(CO)NC(=O)C(C)N)CSSCC(C(N)=O)NC1=O. The van der Waals surface area contributed by atoms with E-state index >= 15 is 0 Å². The predicted octanol–water partition coefficient (Wildman–Crippen LogP) is -4.60. The number of rotatable bonds is 30. The molecule has 102 heavy (non-hydrogen) atoms. The Kier molecular flexibility index (Phi) is 43.6. The van der Waals surface area contributed by atoms with E-state index in [1.807, 2.05) is 0 Å². The van der Waals surface area contributed by atoms with Crippen LogP contribution < -0.4 is 109 Å². The summed E-state index contributed by atoms with van der Waals surface area (Å²) in [5, 5.41) is 62.7. The Bertz CT molecular complexity index is 2780. The molecule has 1 fully saturated rings. The summed E-state index contributed by atoms with van der Waals surface area (Å²) in [6, 6.07) is -16.9. The summed E-state index contributed by atoms with van der Waals surface area (Å²) in [5.74, 6) is -14.0. The summed E-state index contributed by atoms with van der Waals surface area (Å²) >= 11 is 0. The van der Waals surface area contributed by atoms with Crippen molar-refractivity contribution in [2.24, 2.45) is 58.1 Å². The zero-order valence-electron chi connectivity index (χ0n) is 61.1. The molecule has 0 aromatic rings. The first-order valence-corrected chi connectivity index (χ1v) is 37.4. The number of aliphatic hydroxyl groups is 1. The van der Waals surface area contributed by atoms with Crippen molar-refractivity contribution < 1.29 is 67.4 Å². The fraction of sp³-hybridized carbons (Fsp3) is 0.766. The number of amides is 13. The molecular weight excluding hydrogens is 1360 g/mol. The third kappa shape index (κ3) is 36.9. The number of aliphatic hydroxyl groups excluding tert-OH is 1. The number of hydrogen-bond acceptors (Lipinski definition) is 21. The molecule has 582 valence electrons. The molecule has 1 saturated heterocycles. The number of nitrogens with one attached hydrogen (secondary N) is 16. The molecule has 1 aliphatic heterocycles. The van der Waals surface area contributed by atoms with Gasteiger partial charge >= 0.3 is 0 Å². The smallest absolute Gasteiger partial charge is 0.245 e. The van der Waals surface area contributed by atoms with Crippen molar-refractivity contribution in [3.8, 4) is 0 Å². The van der Waals surface area contributed by atoms with E-state index in [0.717, 1.165) is 21.6 Å². The topological polar surface area (TPSA) is 614 Å². The lowest BCUT2D eigenvalue weighted by atomic mass is 9.98. The van der Waals surface area contributed by atoms with Crippen molar-refractivity contribution in [1.29, 1.82) is 10.8 Å². The van der Waals surface area contributed by atoms with E-state index in [2.05, 4.69) is 74.4 Å². The molecule has 0 spiro atoms. The molecule has 13 amide bonds. The molecule has 1 heterocycles. The zero-order valence-corrected chi connectivity index (χ0v) is 62.8. The van der Waals surface area contributed by atoms with Gasteiger partial charge < -0.3 is 114 Å². The minimum atomic E-state index is -1.82. The minimum absolute atomic E-state index is 0.00557. The van der Waals surface area contributed by atoms with Crippen LogP contribution in [0.1, 0.15) is 166 Å². The maximum atomic E-state index is 14.7. The van der Waals surface area contributed by atoms with Gasteiger partial charge in [-0.3, -0.25) is 73.1 Å². The van der Waals surface area contributed by atoms with E-state index in [1.165, 1.54) is 20.8 Å². The van der Waals surface area contributed by atoms with Gasteiger partial charge in [0.25, 0.3) is 0 Å². The van der Waals surface area contributed by atoms with Gasteiger partial charge in [0.15, 0.2) is 11.9 Å². The average molecular weight is 1490 g/mol. The van der Waals surface area contributed by atoms with Gasteiger partial charge in [-0.1, -0.05) is 77.0 Å². The molecular formula is C64H120N22O14S2. The van der Waals surface area contributed by atoms with Gasteiger partial charge in [-0.05, 0) is 147 Å². The number of carbonyl (C=O) groups excluding carboxylic acids is 13. The molecule has 12 unspecified atom stereocenters. The van der Waals surface area contributed by atoms with Gasteiger partial charge in [0, 0.05) is 24.6 Å². The summed E-state index contributed by atoms with van der Waals surface area (Å²) in [6.07, 6.45) is 1.34. The second-order valence-electron chi connectivity index (χ2n) is 27.7. The fourth-order valence-corrected chi connectivity index (χ4v) is 12.6. The molecule has 29 N–H and O–H groups in total. The number of hydrogen-bond donors (Lipinski definition) is 23. The van der Waals surface area contributed by atoms with E-state index in [4.69, 9.17) is 45.2 Å². The first-order valence-electron chi connectivity index (χ1n) is 34.9. The molecule has 1 rings (SSSR count). The van der Waals surface area contributed by atoms with Crippen LogP contribution in [0.2, 0.25) is 0 Å². The number of carbonyl (C=O) groups is 13. The van der Waals surface area contributed by atoms with Gasteiger partial charge in [0.05, 0.1) is 12.6 Å². The average Bonchev–Trinajstić information content (AvgIpc) is 0.842. The van der Waals surface area contributed by atoms with Gasteiger partial charge in [0.2, 0.25) is 76.8 Å². The van der Waals surface area contributed by atoms with Crippen LogP contribution in [0.15, 0.2) is 0 Å². The van der Waals surface area contributed by atoms with Gasteiger partial charge in [-0.25, -0.2) is 0 Å². The van der Waals surface area contributed by atoms with E-state index in [9.17, 15) is 67.4 Å². The van der Waals surface area contributed by atoms with Gasteiger partial charge in [-0.2, -0.15) is 0 Å². The standard InChI is InChI=1S/C64H120N22O14S2/c1-33(2)26-42-55(94)77-39(20-16-24-73-62(69)70)51(90)75-38(18-12-14-22-65)52(91)81-45(29-36(7)8)60(99)86-64(10,11)61(100)85-41(19-13-15-23-66)54(93)76-40(21-17-25-74-63(71)72)53(92)78-43(27-34(3)4)56(95)79-44(28-35(5)6)57(96)83-47(49(68)88)31-101-102-32-48(59(98)80-42)84-58(97)46(30-87)82-50(89)37(9)67/h33-48,87H,12-32,65-67H2,1-11H3,(H2,68,88)(H,75,90)(H,76,93)(H,77,94)(H,78,92)(H,79,95)(H,80,98)(H,81,91)(H,82,89)(H,83,96)(H,84,97)(H,85,100)(H,86,99)(H4,69,70,73)(H4,71,72,74). The summed E-state index contributed by atoms with van der Waals surface area (Å²) in [6.45, 7) is 17.8. The van der Waals surface area contributed by atoms with E-state index in [0.29, 0.717) is 19.3 Å². The van der Waals surface area contributed by atoms with Gasteiger partial charge in [-0.15, -0.1) is 0 Å². The molecule has 0 aliphatic carbocycles. The zero-order chi connectivity index (χ0) is 77.6. The number of guanidine groups is 2. The van der Waals surface area contributed by atoms with Crippen LogP contribution in [-0.4, -0.2) is 216 Å². The first-order chi connectivity index (χ1) is 47.8. The van der Waals surface area contributed by atoms with Crippen LogP contribution in [0.4, 0.5) is 0 Å². The second-order valence-corrected chi connectivity index (χ2v) is 30.3. The summed E-state index contributed by atoms with van der Waals surface area (Å²) < 4.78 is 0. The van der Waals surface area contributed by atoms with E-state index < -0.39 is 161 Å². The third-order valence-corrected chi connectivity index (χ3v) is 18.2. The molecule has 36 nitrogen and oxygen atoms in total. The molecule has 12 atom stereocenters. The minimum Gasteiger partial charge on any atom is -0.394 e. The van der Waals surface area contributed by atoms with Crippen LogP contribution in [0.5, 0.6) is 0 Å². The Morgan fingerprint density at radius 2 is 0.814 bits per heavy atom. The lowest BCUT2D eigenvalue weighted by Crippen LogP contribution is -2.63. The van der Waals surface area contributed by atoms with Gasteiger partial charge in [0.1, 0.15) is 72.0 Å². The highest BCUT2D eigenvalue weighted by Crippen LogP contribution is 2.24. The normalized spacial score (nSPS) is 23.9. The van der Waals surface area contributed by atoms with Crippen LogP contribution in [-0.2, 0) is 62.3 Å². The lowest BCUT2D eigenvalue weighted by Gasteiger charge is -2.32. The Labute approximate surface area is 606 Å². The maximum absolute atomic E-state index is 14.7. The van der Waals surface area contributed by atoms with Crippen molar-refractivity contribution in [2.45, 2.75) is 244 Å². The van der Waals surface area contributed by atoms with Crippen LogP contribution in [0.3, 0.4) is 0 Å². The largest absolute Gasteiger partial charge is 0.394 e. The molecule has 0 radical (unpaired) electrons. The fourth-order valence-electron chi connectivity index (χ4n) is 10.3. The monoisotopic (exact) mass is 1480 g/mol. The quantitative estimate of drug-likeness (QED) is 0.0139. The molecule has 1 aliphatic rings. The number of primary amides is 1. The van der Waals surface area contributed by atoms with Crippen molar-refractivity contribution in [3.63, 3.8) is 0 Å². The third-order valence-electron chi connectivity index (χ3n) is 15.8. The van der Waals surface area contributed by atoms with E-state index in [-0.39, 0.29) is 144 Å². The van der Waals surface area contributed by atoms with Crippen molar-refractivity contribution in [2.75, 3.05) is 44.3 Å². The molecule has 0 aromatic heterocycles. The van der Waals surface area contributed by atoms with E-state index in [1.54, 1.807) is 55.4 Å². The number of unbranched alkanes of at least 4 members (excludes halogenated alkanes) is 2. The molecule has 0 saturated carbocycles. The Balaban J connectivity index is 4.38. The molecule has 0 aromatic carbocycles. The Morgan fingerprint density at radius 1 is 0.480 bits per heavy atom. The van der Waals surface area contributed by atoms with Crippen molar-refractivity contribution in [3.05, 3.63) is 0 Å². The summed E-state index contributed by atoms with van der Waals surface area (Å²) in [5.41, 5.74) is 32.6. The predicted molar refractivity (Wildman–Crippen MR) is 390 cm³/mol. The summed E-state index contributed by atoms with van der Waals surface area (Å²) in [4.78, 5) is 185. The second kappa shape index (κ2) is 48.2. The molecule has 0 bridgehead atoms. The van der Waals surface area contributed by atoms with Crippen LogP contribution >= 0.6 is 21.6 Å². The highest BCUT2D eigenvalue weighted by atomic mass is 33.1. The van der Waals surface area contributed by atoms with Crippen LogP contribution in [0, 0.1) is 34.5 Å². The van der Waals surface area contributed by atoms with Crippen molar-refractivity contribution in [1.82, 2.24) is 74.4 Å². The molecule has 38 heteroatoms. The Hall–Kier alpha value is -7.81. The summed E-state index contributed by atoms with van der Waals surface area (Å²) in [7, 11) is 1.82. The van der Waals surface area contributed by atoms with Crippen molar-refractivity contribution >= 4 is 110 Å². The maximum Gasteiger partial charge on any atom is 0.245 e. The first kappa shape index (κ1) is 92.2. The number of nitrogens with two attached hydrogens (primary N) is 6. The lowest BCUT2D eigenvalue weighted by molar-refractivity contribution is -0.138.